The fourth-order valence-electron chi connectivity index (χ4n) is 2.82. The Balaban J connectivity index is 2.13. The number of halogens is 1. The number of rotatable bonds is 6. The molecule has 3 rings (SSSR count). The highest BCUT2D eigenvalue weighted by Crippen LogP contribution is 2.34. The van der Waals surface area contributed by atoms with Gasteiger partial charge in [-0.15, -0.1) is 11.3 Å². The summed E-state index contributed by atoms with van der Waals surface area (Å²) in [5, 5.41) is 17.9. The molecule has 0 bridgehead atoms. The van der Waals surface area contributed by atoms with Crippen molar-refractivity contribution in [3.05, 3.63) is 70.4 Å². The van der Waals surface area contributed by atoms with Gasteiger partial charge in [0.25, 0.3) is 0 Å². The number of nitriles is 1. The molecular formula is C20H14FNO5S2. The smallest absolute Gasteiger partial charge is 0.335 e. The largest absolute Gasteiger partial charge is 0.495 e. The quantitative estimate of drug-likeness (QED) is 0.630. The minimum atomic E-state index is -4.05. The van der Waals surface area contributed by atoms with Crippen molar-refractivity contribution < 1.29 is 27.4 Å². The lowest BCUT2D eigenvalue weighted by molar-refractivity contribution is 0.0696. The van der Waals surface area contributed by atoms with Crippen molar-refractivity contribution in [3.63, 3.8) is 0 Å². The molecule has 3 aromatic rings. The Hall–Kier alpha value is -3.22. The number of thiophene rings is 1. The minimum absolute atomic E-state index is 0.00940. The average Bonchev–Trinajstić information content (AvgIpc) is 3.13. The Bertz CT molecular complexity index is 1240. The SMILES string of the molecule is COc1ccc(C(=O)O)cc1S(=O)(=O)Cc1cc(C#N)ccc1-c1ccc(F)s1. The maximum atomic E-state index is 13.5. The number of ether oxygens (including phenoxy) is 1. The number of carbonyl (C=O) groups is 1. The second-order valence-corrected chi connectivity index (χ2v) is 9.01. The molecule has 6 nitrogen and oxygen atoms in total. The summed E-state index contributed by atoms with van der Waals surface area (Å²) in [5.74, 6) is -1.78. The molecule has 0 radical (unpaired) electrons. The molecule has 0 aliphatic rings. The summed E-state index contributed by atoms with van der Waals surface area (Å²) in [6.07, 6.45) is 0. The van der Waals surface area contributed by atoms with E-state index < -0.39 is 26.7 Å². The summed E-state index contributed by atoms with van der Waals surface area (Å²) < 4.78 is 44.8. The number of hydrogen-bond donors (Lipinski definition) is 1. The summed E-state index contributed by atoms with van der Waals surface area (Å²) in [6, 6.07) is 12.8. The van der Waals surface area contributed by atoms with Crippen LogP contribution < -0.4 is 4.74 Å². The number of methoxy groups -OCH3 is 1. The van der Waals surface area contributed by atoms with Gasteiger partial charge in [-0.3, -0.25) is 0 Å². The molecule has 0 saturated heterocycles. The van der Waals surface area contributed by atoms with Crippen LogP contribution in [0.5, 0.6) is 5.75 Å². The molecule has 0 aliphatic carbocycles. The van der Waals surface area contributed by atoms with Gasteiger partial charge in [-0.25, -0.2) is 13.2 Å². The lowest BCUT2D eigenvalue weighted by Crippen LogP contribution is -2.10. The number of carboxylic acids is 1. The number of hydrogen-bond acceptors (Lipinski definition) is 6. The van der Waals surface area contributed by atoms with Crippen LogP contribution in [-0.4, -0.2) is 26.6 Å². The van der Waals surface area contributed by atoms with Gasteiger partial charge in [0.05, 0.1) is 30.1 Å². The molecule has 0 atom stereocenters. The van der Waals surface area contributed by atoms with Crippen LogP contribution in [0.4, 0.5) is 4.39 Å². The second-order valence-electron chi connectivity index (χ2n) is 6.02. The molecule has 29 heavy (non-hydrogen) atoms. The van der Waals surface area contributed by atoms with Gasteiger partial charge < -0.3 is 9.84 Å². The average molecular weight is 431 g/mol. The monoisotopic (exact) mass is 431 g/mol. The van der Waals surface area contributed by atoms with E-state index in [-0.39, 0.29) is 21.8 Å². The highest BCUT2D eigenvalue weighted by Gasteiger charge is 2.24. The van der Waals surface area contributed by atoms with Crippen molar-refractivity contribution in [2.75, 3.05) is 7.11 Å². The van der Waals surface area contributed by atoms with Crippen LogP contribution in [0, 0.1) is 16.5 Å². The molecular weight excluding hydrogens is 417 g/mol. The first-order valence-corrected chi connectivity index (χ1v) is 10.6. The molecule has 2 aromatic carbocycles. The van der Waals surface area contributed by atoms with E-state index in [0.717, 1.165) is 17.4 Å². The van der Waals surface area contributed by atoms with E-state index in [9.17, 15) is 28.0 Å². The zero-order valence-corrected chi connectivity index (χ0v) is 16.7. The van der Waals surface area contributed by atoms with E-state index in [1.807, 2.05) is 6.07 Å². The van der Waals surface area contributed by atoms with Gasteiger partial charge in [0.1, 0.15) is 10.6 Å². The topological polar surface area (TPSA) is 104 Å². The lowest BCUT2D eigenvalue weighted by Gasteiger charge is -2.13. The van der Waals surface area contributed by atoms with E-state index >= 15 is 0 Å². The van der Waals surface area contributed by atoms with E-state index in [1.165, 1.54) is 43.5 Å². The van der Waals surface area contributed by atoms with E-state index in [2.05, 4.69) is 0 Å². The van der Waals surface area contributed by atoms with Crippen molar-refractivity contribution in [2.24, 2.45) is 0 Å². The van der Waals surface area contributed by atoms with Gasteiger partial charge in [0.2, 0.25) is 0 Å². The Morgan fingerprint density at radius 1 is 1.21 bits per heavy atom. The van der Waals surface area contributed by atoms with Crippen LogP contribution in [0.3, 0.4) is 0 Å². The first-order chi connectivity index (χ1) is 13.7. The number of benzene rings is 2. The lowest BCUT2D eigenvalue weighted by atomic mass is 10.0. The van der Waals surface area contributed by atoms with Crippen molar-refractivity contribution >= 4 is 27.1 Å². The zero-order chi connectivity index (χ0) is 21.2. The number of sulfone groups is 1. The van der Waals surface area contributed by atoms with Gasteiger partial charge in [0, 0.05) is 4.88 Å². The fraction of sp³-hybridized carbons (Fsp3) is 0.100. The normalized spacial score (nSPS) is 11.1. The zero-order valence-electron chi connectivity index (χ0n) is 15.0. The fourth-order valence-corrected chi connectivity index (χ4v) is 5.18. The Morgan fingerprint density at radius 3 is 2.55 bits per heavy atom. The van der Waals surface area contributed by atoms with Gasteiger partial charge in [0.15, 0.2) is 15.0 Å². The van der Waals surface area contributed by atoms with Crippen LogP contribution in [0.2, 0.25) is 0 Å². The third-order valence-electron chi connectivity index (χ3n) is 4.16. The molecule has 148 valence electrons. The molecule has 1 N–H and O–H groups in total. The first-order valence-electron chi connectivity index (χ1n) is 8.18. The Labute approximate surface area is 170 Å². The second kappa shape index (κ2) is 8.03. The number of carboxylic acid groups (broad SMARTS) is 1. The summed E-state index contributed by atoms with van der Waals surface area (Å²) in [7, 11) is -2.76. The van der Waals surface area contributed by atoms with Gasteiger partial charge >= 0.3 is 5.97 Å². The highest BCUT2D eigenvalue weighted by molar-refractivity contribution is 7.90. The predicted molar refractivity (Wildman–Crippen MR) is 105 cm³/mol. The maximum absolute atomic E-state index is 13.5. The molecule has 0 spiro atoms. The molecule has 1 heterocycles. The molecule has 0 aliphatic heterocycles. The van der Waals surface area contributed by atoms with Crippen molar-refractivity contribution in [3.8, 4) is 22.3 Å². The molecule has 0 amide bonds. The molecule has 0 fully saturated rings. The number of nitrogens with zero attached hydrogens (tertiary/aromatic N) is 1. The van der Waals surface area contributed by atoms with E-state index in [1.54, 1.807) is 6.07 Å². The van der Waals surface area contributed by atoms with Crippen LogP contribution in [0.1, 0.15) is 21.5 Å². The van der Waals surface area contributed by atoms with Crippen LogP contribution >= 0.6 is 11.3 Å². The summed E-state index contributed by atoms with van der Waals surface area (Å²) in [4.78, 5) is 11.5. The Kier molecular flexibility index (Phi) is 5.68. The Morgan fingerprint density at radius 2 is 1.97 bits per heavy atom. The standard InChI is InChI=1S/C20H14FNO5S2/c1-27-16-5-3-13(20(23)24)9-18(16)29(25,26)11-14-8-12(10-22)2-4-15(14)17-6-7-19(21)28-17/h2-9H,11H2,1H3,(H,23,24). The number of aromatic carboxylic acids is 1. The maximum Gasteiger partial charge on any atom is 0.335 e. The van der Waals surface area contributed by atoms with Crippen molar-refractivity contribution in [2.45, 2.75) is 10.6 Å². The van der Waals surface area contributed by atoms with Crippen LogP contribution in [0.15, 0.2) is 53.4 Å². The third-order valence-corrected chi connectivity index (χ3v) is 6.75. The highest BCUT2D eigenvalue weighted by atomic mass is 32.2. The first kappa shape index (κ1) is 20.5. The molecule has 0 saturated carbocycles. The van der Waals surface area contributed by atoms with E-state index in [0.29, 0.717) is 16.0 Å². The third kappa shape index (κ3) is 4.29. The summed E-state index contributed by atoms with van der Waals surface area (Å²) in [6.45, 7) is 0. The molecule has 9 heteroatoms. The van der Waals surface area contributed by atoms with Crippen LogP contribution in [-0.2, 0) is 15.6 Å². The van der Waals surface area contributed by atoms with Crippen LogP contribution in [0.25, 0.3) is 10.4 Å². The van der Waals surface area contributed by atoms with Gasteiger partial charge in [-0.2, -0.15) is 9.65 Å². The molecule has 0 unspecified atom stereocenters. The summed E-state index contributed by atoms with van der Waals surface area (Å²) >= 11 is 0.857. The molecule has 1 aromatic heterocycles. The minimum Gasteiger partial charge on any atom is -0.495 e. The summed E-state index contributed by atoms with van der Waals surface area (Å²) in [5.41, 5.74) is 0.835. The predicted octanol–water partition coefficient (Wildman–Crippen LogP) is 4.11. The van der Waals surface area contributed by atoms with E-state index in [4.69, 9.17) is 4.74 Å². The van der Waals surface area contributed by atoms with Gasteiger partial charge in [-0.1, -0.05) is 6.07 Å². The van der Waals surface area contributed by atoms with Crippen molar-refractivity contribution in [1.29, 1.82) is 5.26 Å². The van der Waals surface area contributed by atoms with Gasteiger partial charge in [-0.05, 0) is 53.6 Å². The van der Waals surface area contributed by atoms with Crippen molar-refractivity contribution in [1.82, 2.24) is 0 Å².